The fourth-order valence-corrected chi connectivity index (χ4v) is 3.49. The maximum atomic E-state index is 13.5. The number of hydrogen-bond acceptors (Lipinski definition) is 2. The van der Waals surface area contributed by atoms with E-state index in [-0.39, 0.29) is 30.1 Å². The molecule has 1 aliphatic carbocycles. The molecular weight excluding hydrogens is 295 g/mol. The average Bonchev–Trinajstić information content (AvgIpc) is 2.76. The first-order valence-electron chi connectivity index (χ1n) is 8.02. The summed E-state index contributed by atoms with van der Waals surface area (Å²) in [5.74, 6) is -0.672. The van der Waals surface area contributed by atoms with Crippen LogP contribution in [0.2, 0.25) is 0 Å². The van der Waals surface area contributed by atoms with Gasteiger partial charge in [-0.25, -0.2) is 4.39 Å². The maximum Gasteiger partial charge on any atom is 0.250 e. The van der Waals surface area contributed by atoms with Gasteiger partial charge in [0, 0.05) is 18.3 Å². The summed E-state index contributed by atoms with van der Waals surface area (Å²) in [7, 11) is 1.80. The zero-order valence-electron chi connectivity index (χ0n) is 13.5. The van der Waals surface area contributed by atoms with E-state index in [1.165, 1.54) is 6.07 Å². The highest BCUT2D eigenvalue weighted by atomic mass is 19.1. The van der Waals surface area contributed by atoms with Gasteiger partial charge in [-0.15, -0.1) is 0 Å². The number of anilines is 1. The van der Waals surface area contributed by atoms with Gasteiger partial charge in [-0.2, -0.15) is 0 Å². The second kappa shape index (κ2) is 6.14. The second-order valence-corrected chi connectivity index (χ2v) is 6.37. The van der Waals surface area contributed by atoms with Crippen molar-refractivity contribution in [3.8, 4) is 0 Å². The van der Waals surface area contributed by atoms with Gasteiger partial charge >= 0.3 is 0 Å². The predicted molar refractivity (Wildman–Crippen MR) is 86.4 cm³/mol. The third-order valence-corrected chi connectivity index (χ3v) is 4.80. The minimum atomic E-state index is -0.353. The molecule has 0 radical (unpaired) electrons. The summed E-state index contributed by atoms with van der Waals surface area (Å²) in [6.07, 6.45) is 4.12. The molecule has 0 aromatic heterocycles. The van der Waals surface area contributed by atoms with Gasteiger partial charge in [-0.1, -0.05) is 12.5 Å². The van der Waals surface area contributed by atoms with Crippen molar-refractivity contribution < 1.29 is 14.0 Å². The summed E-state index contributed by atoms with van der Waals surface area (Å²) in [5.41, 5.74) is 2.70. The summed E-state index contributed by atoms with van der Waals surface area (Å²) >= 11 is 0. The van der Waals surface area contributed by atoms with Crippen LogP contribution in [0, 0.1) is 12.7 Å². The Bertz CT molecular complexity index is 696. The Morgan fingerprint density at radius 3 is 2.91 bits per heavy atom. The van der Waals surface area contributed by atoms with Crippen molar-refractivity contribution in [2.45, 2.75) is 45.1 Å². The number of nitrogens with one attached hydrogen (secondary N) is 1. The van der Waals surface area contributed by atoms with Gasteiger partial charge in [-0.05, 0) is 49.5 Å². The Kier molecular flexibility index (Phi) is 4.20. The van der Waals surface area contributed by atoms with E-state index in [9.17, 15) is 14.0 Å². The number of amides is 2. The molecule has 1 heterocycles. The van der Waals surface area contributed by atoms with Gasteiger partial charge in [0.05, 0.1) is 12.5 Å². The monoisotopic (exact) mass is 316 g/mol. The van der Waals surface area contributed by atoms with E-state index in [1.807, 2.05) is 0 Å². The molecular formula is C18H21FN2O2. The van der Waals surface area contributed by atoms with Gasteiger partial charge < -0.3 is 10.2 Å². The summed E-state index contributed by atoms with van der Waals surface area (Å²) in [6.45, 7) is 1.67. The SMILES string of the molecule is Cc1ccc(NC(=O)CC2=C3CCCCC3N(C)C2=O)cc1F. The van der Waals surface area contributed by atoms with Crippen LogP contribution < -0.4 is 5.32 Å². The number of carbonyl (C=O) groups is 2. The molecule has 1 unspecified atom stereocenters. The number of rotatable bonds is 3. The number of carbonyl (C=O) groups excluding carboxylic acids is 2. The molecule has 1 fully saturated rings. The Morgan fingerprint density at radius 2 is 2.17 bits per heavy atom. The van der Waals surface area contributed by atoms with Crippen LogP contribution in [0.25, 0.3) is 0 Å². The van der Waals surface area contributed by atoms with Crippen LogP contribution in [0.5, 0.6) is 0 Å². The summed E-state index contributed by atoms with van der Waals surface area (Å²) in [4.78, 5) is 26.4. The van der Waals surface area contributed by atoms with Crippen molar-refractivity contribution in [2.24, 2.45) is 0 Å². The van der Waals surface area contributed by atoms with Gasteiger partial charge in [-0.3, -0.25) is 9.59 Å². The highest BCUT2D eigenvalue weighted by Gasteiger charge is 2.38. The van der Waals surface area contributed by atoms with E-state index < -0.39 is 0 Å². The van der Waals surface area contributed by atoms with Gasteiger partial charge in [0.15, 0.2) is 0 Å². The minimum absolute atomic E-state index is 0.0443. The molecule has 0 saturated heterocycles. The summed E-state index contributed by atoms with van der Waals surface area (Å²) in [5, 5.41) is 2.68. The van der Waals surface area contributed by atoms with Crippen molar-refractivity contribution in [2.75, 3.05) is 12.4 Å². The number of fused-ring (bicyclic) bond motifs is 1. The number of hydrogen-bond donors (Lipinski definition) is 1. The summed E-state index contributed by atoms with van der Waals surface area (Å²) < 4.78 is 13.5. The molecule has 23 heavy (non-hydrogen) atoms. The fourth-order valence-electron chi connectivity index (χ4n) is 3.49. The normalized spacial score (nSPS) is 20.7. The van der Waals surface area contributed by atoms with Crippen LogP contribution in [0.4, 0.5) is 10.1 Å². The molecule has 1 aliphatic heterocycles. The molecule has 0 bridgehead atoms. The fraction of sp³-hybridized carbons (Fsp3) is 0.444. The van der Waals surface area contributed by atoms with Crippen molar-refractivity contribution >= 4 is 17.5 Å². The van der Waals surface area contributed by atoms with Crippen molar-refractivity contribution in [1.82, 2.24) is 4.90 Å². The molecule has 5 heteroatoms. The quantitative estimate of drug-likeness (QED) is 0.931. The van der Waals surface area contributed by atoms with Crippen LogP contribution in [0.1, 0.15) is 37.7 Å². The lowest BCUT2D eigenvalue weighted by atomic mass is 9.88. The lowest BCUT2D eigenvalue weighted by molar-refractivity contribution is -0.127. The number of benzene rings is 1. The van der Waals surface area contributed by atoms with Crippen LogP contribution >= 0.6 is 0 Å². The topological polar surface area (TPSA) is 49.4 Å². The molecule has 1 saturated carbocycles. The van der Waals surface area contributed by atoms with Crippen molar-refractivity contribution in [3.05, 3.63) is 40.7 Å². The first kappa shape index (κ1) is 15.7. The van der Waals surface area contributed by atoms with Gasteiger partial charge in [0.1, 0.15) is 5.82 Å². The molecule has 1 aromatic rings. The van der Waals surface area contributed by atoms with Crippen molar-refractivity contribution in [3.63, 3.8) is 0 Å². The van der Waals surface area contributed by atoms with Gasteiger partial charge in [0.2, 0.25) is 5.91 Å². The number of nitrogens with zero attached hydrogens (tertiary/aromatic N) is 1. The average molecular weight is 316 g/mol. The molecule has 1 atom stereocenters. The zero-order valence-corrected chi connectivity index (χ0v) is 13.5. The number of likely N-dealkylation sites (N-methyl/N-ethyl adjacent to an activating group) is 1. The molecule has 1 aromatic carbocycles. The van der Waals surface area contributed by atoms with E-state index in [0.717, 1.165) is 31.3 Å². The highest BCUT2D eigenvalue weighted by molar-refractivity contribution is 6.04. The van der Waals surface area contributed by atoms with E-state index in [4.69, 9.17) is 0 Å². The van der Waals surface area contributed by atoms with E-state index in [2.05, 4.69) is 5.32 Å². The number of aryl methyl sites for hydroxylation is 1. The molecule has 2 aliphatic rings. The largest absolute Gasteiger partial charge is 0.335 e. The molecule has 4 nitrogen and oxygen atoms in total. The van der Waals surface area contributed by atoms with Gasteiger partial charge in [0.25, 0.3) is 5.91 Å². The van der Waals surface area contributed by atoms with Crippen LogP contribution in [0.15, 0.2) is 29.3 Å². The molecule has 1 N–H and O–H groups in total. The smallest absolute Gasteiger partial charge is 0.250 e. The standard InChI is InChI=1S/C18H21FN2O2/c1-11-7-8-12(9-15(11)19)20-17(22)10-14-13-5-3-4-6-16(13)21(2)18(14)23/h7-9,16H,3-6,10H2,1-2H3,(H,20,22). The van der Waals surface area contributed by atoms with Crippen LogP contribution in [-0.2, 0) is 9.59 Å². The zero-order chi connectivity index (χ0) is 16.6. The third-order valence-electron chi connectivity index (χ3n) is 4.80. The molecule has 2 amide bonds. The molecule has 122 valence electrons. The highest BCUT2D eigenvalue weighted by Crippen LogP contribution is 2.37. The van der Waals surface area contributed by atoms with E-state index in [0.29, 0.717) is 16.8 Å². The lowest BCUT2D eigenvalue weighted by Crippen LogP contribution is -2.33. The van der Waals surface area contributed by atoms with Crippen LogP contribution in [-0.4, -0.2) is 29.8 Å². The number of halogens is 1. The minimum Gasteiger partial charge on any atom is -0.335 e. The molecule has 3 rings (SSSR count). The maximum absolute atomic E-state index is 13.5. The Labute approximate surface area is 135 Å². The predicted octanol–water partition coefficient (Wildman–Crippen LogP) is 3.17. The van der Waals surface area contributed by atoms with E-state index >= 15 is 0 Å². The van der Waals surface area contributed by atoms with Crippen molar-refractivity contribution in [1.29, 1.82) is 0 Å². The first-order valence-corrected chi connectivity index (χ1v) is 8.02. The third kappa shape index (κ3) is 3.00. The van der Waals surface area contributed by atoms with E-state index in [1.54, 1.807) is 31.0 Å². The summed E-state index contributed by atoms with van der Waals surface area (Å²) in [6, 6.07) is 4.76. The Morgan fingerprint density at radius 1 is 1.39 bits per heavy atom. The second-order valence-electron chi connectivity index (χ2n) is 6.37. The Hall–Kier alpha value is -2.17. The Balaban J connectivity index is 1.74. The lowest BCUT2D eigenvalue weighted by Gasteiger charge is -2.26. The molecule has 0 spiro atoms. The van der Waals surface area contributed by atoms with Crippen LogP contribution in [0.3, 0.4) is 0 Å². The first-order chi connectivity index (χ1) is 11.0.